The van der Waals surface area contributed by atoms with E-state index in [1.165, 1.54) is 0 Å². The van der Waals surface area contributed by atoms with Gasteiger partial charge >= 0.3 is 0 Å². The molecule has 6 nitrogen and oxygen atoms in total. The summed E-state index contributed by atoms with van der Waals surface area (Å²) < 4.78 is 11.2. The van der Waals surface area contributed by atoms with Crippen molar-refractivity contribution in [3.63, 3.8) is 0 Å². The Labute approximate surface area is 141 Å². The first-order valence-corrected chi connectivity index (χ1v) is 8.24. The Morgan fingerprint density at radius 3 is 2.65 bits per heavy atom. The molecule has 1 aliphatic heterocycles. The van der Waals surface area contributed by atoms with Gasteiger partial charge in [-0.2, -0.15) is 0 Å². The molecule has 1 heterocycles. The van der Waals surface area contributed by atoms with E-state index in [1.54, 1.807) is 12.1 Å². The molecule has 2 rings (SSSR count). The van der Waals surface area contributed by atoms with Gasteiger partial charge in [0.25, 0.3) is 0 Å². The van der Waals surface area contributed by atoms with E-state index in [4.69, 9.17) is 26.2 Å². The summed E-state index contributed by atoms with van der Waals surface area (Å²) in [5, 5.41) is 12.3. The van der Waals surface area contributed by atoms with Gasteiger partial charge in [0.2, 0.25) is 5.91 Å². The molecule has 0 saturated carbocycles. The lowest BCUT2D eigenvalue weighted by molar-refractivity contribution is -0.117. The summed E-state index contributed by atoms with van der Waals surface area (Å²) >= 11 is 6.21. The van der Waals surface area contributed by atoms with Crippen LogP contribution in [0.25, 0.3) is 0 Å². The highest BCUT2D eigenvalue weighted by atomic mass is 35.5. The number of hydrogen-bond donors (Lipinski definition) is 2. The molecule has 0 atom stereocenters. The minimum atomic E-state index is -0.178. The summed E-state index contributed by atoms with van der Waals surface area (Å²) in [6.07, 6.45) is 1.72. The molecule has 0 spiro atoms. The van der Waals surface area contributed by atoms with Crippen LogP contribution in [0.4, 0.5) is 5.69 Å². The number of carbonyl (C=O) groups is 1. The number of rotatable bonds is 7. The van der Waals surface area contributed by atoms with Gasteiger partial charge in [-0.25, -0.2) is 0 Å². The van der Waals surface area contributed by atoms with Crippen LogP contribution in [0.1, 0.15) is 19.8 Å². The van der Waals surface area contributed by atoms with E-state index in [1.807, 2.05) is 11.8 Å². The third-order valence-electron chi connectivity index (χ3n) is 3.43. The normalized spacial score (nSPS) is 13.7. The zero-order valence-electron chi connectivity index (χ0n) is 13.3. The van der Waals surface area contributed by atoms with Crippen molar-refractivity contribution in [3.8, 4) is 11.5 Å². The van der Waals surface area contributed by atoms with Crippen molar-refractivity contribution >= 4 is 23.2 Å². The maximum atomic E-state index is 12.2. The molecular weight excluding hydrogens is 320 g/mol. The van der Waals surface area contributed by atoms with E-state index in [-0.39, 0.29) is 19.1 Å². The molecule has 23 heavy (non-hydrogen) atoms. The molecule has 0 radical (unpaired) electrons. The largest absolute Gasteiger partial charge is 0.490 e. The highest BCUT2D eigenvalue weighted by molar-refractivity contribution is 6.34. The fraction of sp³-hybridized carbons (Fsp3) is 0.562. The van der Waals surface area contributed by atoms with Crippen LogP contribution in [-0.4, -0.2) is 55.4 Å². The van der Waals surface area contributed by atoms with Crippen LogP contribution in [0.15, 0.2) is 12.1 Å². The molecule has 0 fully saturated rings. The molecule has 1 aliphatic rings. The van der Waals surface area contributed by atoms with E-state index in [0.29, 0.717) is 42.0 Å². The van der Waals surface area contributed by atoms with Crippen LogP contribution >= 0.6 is 11.6 Å². The van der Waals surface area contributed by atoms with Gasteiger partial charge in [0.05, 0.1) is 37.1 Å². The average Bonchev–Trinajstić information content (AvgIpc) is 2.73. The molecule has 0 aliphatic carbocycles. The first-order chi connectivity index (χ1) is 11.1. The molecule has 1 amide bonds. The smallest absolute Gasteiger partial charge is 0.238 e. The average molecular weight is 343 g/mol. The highest BCUT2D eigenvalue weighted by Gasteiger charge is 2.16. The van der Waals surface area contributed by atoms with Crippen molar-refractivity contribution in [3.05, 3.63) is 17.2 Å². The van der Waals surface area contributed by atoms with E-state index < -0.39 is 0 Å². The Bertz CT molecular complexity index is 533. The topological polar surface area (TPSA) is 71.0 Å². The summed E-state index contributed by atoms with van der Waals surface area (Å²) in [5.41, 5.74) is 0.501. The Morgan fingerprint density at radius 1 is 1.30 bits per heavy atom. The Kier molecular flexibility index (Phi) is 6.95. The van der Waals surface area contributed by atoms with E-state index in [2.05, 4.69) is 5.32 Å². The second-order valence-electron chi connectivity index (χ2n) is 5.38. The zero-order chi connectivity index (χ0) is 16.7. The van der Waals surface area contributed by atoms with Crippen molar-refractivity contribution in [2.45, 2.75) is 19.8 Å². The van der Waals surface area contributed by atoms with Crippen LogP contribution in [0.5, 0.6) is 11.5 Å². The maximum Gasteiger partial charge on any atom is 0.238 e. The van der Waals surface area contributed by atoms with E-state index in [9.17, 15) is 4.79 Å². The zero-order valence-corrected chi connectivity index (χ0v) is 14.1. The summed E-state index contributed by atoms with van der Waals surface area (Å²) in [7, 11) is 0. The molecule has 1 aromatic carbocycles. The van der Waals surface area contributed by atoms with Gasteiger partial charge < -0.3 is 19.9 Å². The van der Waals surface area contributed by atoms with Crippen LogP contribution in [0, 0.1) is 0 Å². The first-order valence-electron chi connectivity index (χ1n) is 7.86. The third kappa shape index (κ3) is 5.27. The molecule has 128 valence electrons. The Hall–Kier alpha value is -1.50. The lowest BCUT2D eigenvalue weighted by Gasteiger charge is -2.20. The molecular formula is C16H23ClN2O4. The molecule has 2 N–H and O–H groups in total. The minimum absolute atomic E-state index is 0.0259. The summed E-state index contributed by atoms with van der Waals surface area (Å²) in [6.45, 7) is 4.64. The van der Waals surface area contributed by atoms with Crippen molar-refractivity contribution in [1.82, 2.24) is 4.90 Å². The molecule has 0 saturated heterocycles. The molecule has 1 aromatic rings. The van der Waals surface area contributed by atoms with Crippen LogP contribution in [0.3, 0.4) is 0 Å². The summed E-state index contributed by atoms with van der Waals surface area (Å²) in [6, 6.07) is 3.35. The monoisotopic (exact) mass is 342 g/mol. The van der Waals surface area contributed by atoms with E-state index in [0.717, 1.165) is 19.4 Å². The SMILES string of the molecule is CCCN(CCO)CC(=O)Nc1cc2c(cc1Cl)OCCCO2. The Morgan fingerprint density at radius 2 is 2.00 bits per heavy atom. The molecule has 0 bridgehead atoms. The number of benzene rings is 1. The predicted molar refractivity (Wildman–Crippen MR) is 89.5 cm³/mol. The van der Waals surface area contributed by atoms with Crippen molar-refractivity contribution in [2.24, 2.45) is 0 Å². The van der Waals surface area contributed by atoms with Gasteiger partial charge in [-0.15, -0.1) is 0 Å². The molecule has 0 aromatic heterocycles. The van der Waals surface area contributed by atoms with Crippen LogP contribution in [0.2, 0.25) is 5.02 Å². The number of aliphatic hydroxyl groups is 1. The number of ether oxygens (including phenoxy) is 2. The second-order valence-corrected chi connectivity index (χ2v) is 5.78. The second kappa shape index (κ2) is 8.96. The number of aliphatic hydroxyl groups excluding tert-OH is 1. The lowest BCUT2D eigenvalue weighted by atomic mass is 10.2. The van der Waals surface area contributed by atoms with Crippen molar-refractivity contribution in [1.29, 1.82) is 0 Å². The van der Waals surface area contributed by atoms with Gasteiger partial charge in [-0.3, -0.25) is 9.69 Å². The fourth-order valence-electron chi connectivity index (χ4n) is 2.40. The van der Waals surface area contributed by atoms with Gasteiger partial charge in [-0.05, 0) is 13.0 Å². The molecule has 0 unspecified atom stereocenters. The van der Waals surface area contributed by atoms with Crippen LogP contribution < -0.4 is 14.8 Å². The number of hydrogen-bond acceptors (Lipinski definition) is 5. The highest BCUT2D eigenvalue weighted by Crippen LogP contribution is 2.37. The van der Waals surface area contributed by atoms with Gasteiger partial charge in [0.15, 0.2) is 11.5 Å². The standard InChI is InChI=1S/C16H23ClN2O4/c1-2-4-19(5-6-20)11-16(21)18-13-10-15-14(9-12(13)17)22-7-3-8-23-15/h9-10,20H,2-8,11H2,1H3,(H,18,21). The quantitative estimate of drug-likeness (QED) is 0.794. The Balaban J connectivity index is 2.04. The van der Waals surface area contributed by atoms with Gasteiger partial charge in [0, 0.05) is 25.1 Å². The summed E-state index contributed by atoms with van der Waals surface area (Å²) in [5.74, 6) is 1.00. The number of anilines is 1. The maximum absolute atomic E-state index is 12.2. The number of fused-ring (bicyclic) bond motifs is 1. The number of amides is 1. The van der Waals surface area contributed by atoms with Gasteiger partial charge in [-0.1, -0.05) is 18.5 Å². The van der Waals surface area contributed by atoms with Crippen molar-refractivity contribution < 1.29 is 19.4 Å². The van der Waals surface area contributed by atoms with Crippen molar-refractivity contribution in [2.75, 3.05) is 44.8 Å². The number of nitrogens with one attached hydrogen (secondary N) is 1. The number of halogens is 1. The number of nitrogens with zero attached hydrogens (tertiary/aromatic N) is 1. The lowest BCUT2D eigenvalue weighted by Crippen LogP contribution is -2.35. The third-order valence-corrected chi connectivity index (χ3v) is 3.75. The van der Waals surface area contributed by atoms with Crippen LogP contribution in [-0.2, 0) is 4.79 Å². The predicted octanol–water partition coefficient (Wildman–Crippen LogP) is 2.14. The molecule has 7 heteroatoms. The van der Waals surface area contributed by atoms with Gasteiger partial charge in [0.1, 0.15) is 0 Å². The minimum Gasteiger partial charge on any atom is -0.490 e. The van der Waals surface area contributed by atoms with E-state index >= 15 is 0 Å². The first kappa shape index (κ1) is 17.8. The summed E-state index contributed by atoms with van der Waals surface area (Å²) in [4.78, 5) is 14.1. The number of carbonyl (C=O) groups excluding carboxylic acids is 1. The fourth-order valence-corrected chi connectivity index (χ4v) is 2.60.